The third-order valence-corrected chi connectivity index (χ3v) is 7.18. The van der Waals surface area contributed by atoms with Gasteiger partial charge >= 0.3 is 0 Å². The molecule has 0 spiro atoms. The van der Waals surface area contributed by atoms with E-state index < -0.39 is 0 Å². The van der Waals surface area contributed by atoms with Gasteiger partial charge in [-0.2, -0.15) is 0 Å². The summed E-state index contributed by atoms with van der Waals surface area (Å²) < 4.78 is 0. The average Bonchev–Trinajstić information content (AvgIpc) is 2.80. The van der Waals surface area contributed by atoms with Gasteiger partial charge in [-0.3, -0.25) is 0 Å². The highest BCUT2D eigenvalue weighted by Crippen LogP contribution is 2.34. The summed E-state index contributed by atoms with van der Waals surface area (Å²) in [5, 5.41) is 1.66. The second-order valence-electron chi connectivity index (χ2n) is 9.36. The lowest BCUT2D eigenvalue weighted by Gasteiger charge is -2.11. The van der Waals surface area contributed by atoms with Crippen LogP contribution in [0.4, 0.5) is 0 Å². The van der Waals surface area contributed by atoms with Gasteiger partial charge in [-0.05, 0) is 54.5 Å². The topological polar surface area (TPSA) is 0 Å². The van der Waals surface area contributed by atoms with Gasteiger partial charge in [0.05, 0.1) is 0 Å². The van der Waals surface area contributed by atoms with Crippen LogP contribution in [-0.4, -0.2) is 0 Å². The van der Waals surface area contributed by atoms with Crippen molar-refractivity contribution in [2.24, 2.45) is 0 Å². The van der Waals surface area contributed by atoms with Crippen molar-refractivity contribution in [2.45, 2.75) is 117 Å². The maximum atomic E-state index is 6.67. The van der Waals surface area contributed by atoms with Crippen LogP contribution in [0.5, 0.6) is 0 Å². The Kier molecular flexibility index (Phi) is 14.1. The zero-order valence-corrected chi connectivity index (χ0v) is 22.0. The fourth-order valence-corrected chi connectivity index (χ4v) is 4.96. The van der Waals surface area contributed by atoms with Gasteiger partial charge in [-0.25, -0.2) is 0 Å². The van der Waals surface area contributed by atoms with E-state index in [2.05, 4.69) is 50.2 Å². The normalized spacial score (nSPS) is 11.2. The lowest BCUT2D eigenvalue weighted by molar-refractivity contribution is 0.589. The van der Waals surface area contributed by atoms with Crippen LogP contribution in [0.15, 0.2) is 36.4 Å². The molecule has 0 aliphatic carbocycles. The Morgan fingerprint density at radius 2 is 1.03 bits per heavy atom. The molecule has 0 aliphatic rings. The van der Waals surface area contributed by atoms with E-state index in [1.807, 2.05) is 0 Å². The lowest BCUT2D eigenvalue weighted by atomic mass is 9.98. The molecule has 0 aliphatic heterocycles. The zero-order chi connectivity index (χ0) is 23.0. The summed E-state index contributed by atoms with van der Waals surface area (Å²) in [4.78, 5) is 0. The standard InChI is InChI=1S/C30H44Cl2/c1-3-5-7-9-11-13-15-17-25-19-21-26(22-20-25)28-24-29(31)27(23-30(28)32)18-16-14-12-10-8-6-4-2/h19-24H,3-18H2,1-2H3. The molecule has 0 atom stereocenters. The molecule has 0 saturated carbocycles. The largest absolute Gasteiger partial charge is 0.0840 e. The second-order valence-corrected chi connectivity index (χ2v) is 10.2. The highest BCUT2D eigenvalue weighted by Gasteiger charge is 2.10. The molecule has 0 radical (unpaired) electrons. The van der Waals surface area contributed by atoms with Gasteiger partial charge in [-0.1, -0.05) is 138 Å². The number of benzene rings is 2. The number of aryl methyl sites for hydroxylation is 2. The van der Waals surface area contributed by atoms with E-state index in [4.69, 9.17) is 23.2 Å². The Morgan fingerprint density at radius 3 is 1.59 bits per heavy atom. The third-order valence-electron chi connectivity index (χ3n) is 6.52. The predicted molar refractivity (Wildman–Crippen MR) is 145 cm³/mol. The molecule has 0 nitrogen and oxygen atoms in total. The lowest BCUT2D eigenvalue weighted by Crippen LogP contribution is -1.91. The van der Waals surface area contributed by atoms with Crippen molar-refractivity contribution in [3.8, 4) is 11.1 Å². The van der Waals surface area contributed by atoms with E-state index in [0.29, 0.717) is 0 Å². The van der Waals surface area contributed by atoms with E-state index in [-0.39, 0.29) is 0 Å². The van der Waals surface area contributed by atoms with Gasteiger partial charge in [0.15, 0.2) is 0 Å². The number of unbranched alkanes of at least 4 members (excludes halogenated alkanes) is 12. The molecular weight excluding hydrogens is 431 g/mol. The third kappa shape index (κ3) is 10.3. The molecule has 2 heteroatoms. The molecule has 0 bridgehead atoms. The molecule has 178 valence electrons. The number of rotatable bonds is 17. The SMILES string of the molecule is CCCCCCCCCc1ccc(-c2cc(Cl)c(CCCCCCCCC)cc2Cl)cc1. The van der Waals surface area contributed by atoms with Crippen molar-refractivity contribution in [1.82, 2.24) is 0 Å². The predicted octanol–water partition coefficient (Wildman–Crippen LogP) is 11.2. The van der Waals surface area contributed by atoms with Crippen molar-refractivity contribution in [1.29, 1.82) is 0 Å². The van der Waals surface area contributed by atoms with Crippen LogP contribution >= 0.6 is 23.2 Å². The van der Waals surface area contributed by atoms with Crippen LogP contribution < -0.4 is 0 Å². The summed E-state index contributed by atoms with van der Waals surface area (Å²) in [5.41, 5.74) is 4.80. The molecule has 0 aromatic heterocycles. The van der Waals surface area contributed by atoms with Crippen LogP contribution in [0.25, 0.3) is 11.1 Å². The highest BCUT2D eigenvalue weighted by molar-refractivity contribution is 6.35. The average molecular weight is 476 g/mol. The second kappa shape index (κ2) is 16.6. The van der Waals surface area contributed by atoms with E-state index in [1.165, 1.54) is 107 Å². The number of hydrogen-bond donors (Lipinski definition) is 0. The smallest absolute Gasteiger partial charge is 0.0488 e. The Hall–Kier alpha value is -0.980. The quantitative estimate of drug-likeness (QED) is 0.200. The fraction of sp³-hybridized carbons (Fsp3) is 0.600. The van der Waals surface area contributed by atoms with Gasteiger partial charge in [0.2, 0.25) is 0 Å². The molecule has 0 unspecified atom stereocenters. The highest BCUT2D eigenvalue weighted by atomic mass is 35.5. The first-order valence-electron chi connectivity index (χ1n) is 13.2. The van der Waals surface area contributed by atoms with Gasteiger partial charge < -0.3 is 0 Å². The summed E-state index contributed by atoms with van der Waals surface area (Å²) in [6.07, 6.45) is 20.9. The Balaban J connectivity index is 1.80. The fourth-order valence-electron chi connectivity index (χ4n) is 4.41. The zero-order valence-electron chi connectivity index (χ0n) is 20.5. The van der Waals surface area contributed by atoms with Gasteiger partial charge in [0.25, 0.3) is 0 Å². The maximum Gasteiger partial charge on any atom is 0.0488 e. The Morgan fingerprint density at radius 1 is 0.531 bits per heavy atom. The summed E-state index contributed by atoms with van der Waals surface area (Å²) >= 11 is 13.3. The minimum absolute atomic E-state index is 0.812. The van der Waals surface area contributed by atoms with Crippen molar-refractivity contribution in [3.05, 3.63) is 57.6 Å². The molecule has 32 heavy (non-hydrogen) atoms. The molecule has 0 amide bonds. The first-order chi connectivity index (χ1) is 15.7. The van der Waals surface area contributed by atoms with E-state index in [0.717, 1.165) is 27.6 Å². The van der Waals surface area contributed by atoms with Gasteiger partial charge in [0.1, 0.15) is 0 Å². The summed E-state index contributed by atoms with van der Waals surface area (Å²) in [5.74, 6) is 0. The molecule has 0 saturated heterocycles. The first kappa shape index (κ1) is 27.3. The Labute approximate surface area is 208 Å². The molecule has 2 aromatic rings. The summed E-state index contributed by atoms with van der Waals surface area (Å²) in [6.45, 7) is 4.54. The van der Waals surface area contributed by atoms with Crippen LogP contribution in [0, 0.1) is 0 Å². The first-order valence-corrected chi connectivity index (χ1v) is 14.0. The molecule has 0 N–H and O–H groups in total. The van der Waals surface area contributed by atoms with E-state index in [9.17, 15) is 0 Å². The van der Waals surface area contributed by atoms with Crippen molar-refractivity contribution in [2.75, 3.05) is 0 Å². The molecule has 2 aromatic carbocycles. The molecule has 2 rings (SSSR count). The number of hydrogen-bond acceptors (Lipinski definition) is 0. The molecule has 0 heterocycles. The van der Waals surface area contributed by atoms with E-state index in [1.54, 1.807) is 0 Å². The minimum Gasteiger partial charge on any atom is -0.0840 e. The van der Waals surface area contributed by atoms with Gasteiger partial charge in [-0.15, -0.1) is 0 Å². The van der Waals surface area contributed by atoms with Crippen LogP contribution in [-0.2, 0) is 12.8 Å². The summed E-state index contributed by atoms with van der Waals surface area (Å²) in [7, 11) is 0. The van der Waals surface area contributed by atoms with Crippen LogP contribution in [0.3, 0.4) is 0 Å². The molecule has 0 fully saturated rings. The van der Waals surface area contributed by atoms with Crippen molar-refractivity contribution >= 4 is 23.2 Å². The van der Waals surface area contributed by atoms with Crippen molar-refractivity contribution in [3.63, 3.8) is 0 Å². The van der Waals surface area contributed by atoms with Crippen molar-refractivity contribution < 1.29 is 0 Å². The van der Waals surface area contributed by atoms with Crippen LogP contribution in [0.1, 0.15) is 115 Å². The Bertz CT molecular complexity index is 748. The maximum absolute atomic E-state index is 6.67. The van der Waals surface area contributed by atoms with Gasteiger partial charge in [0, 0.05) is 15.6 Å². The molecular formula is C30H44Cl2. The number of halogens is 2. The van der Waals surface area contributed by atoms with Crippen LogP contribution in [0.2, 0.25) is 10.0 Å². The minimum atomic E-state index is 0.812. The monoisotopic (exact) mass is 474 g/mol. The van der Waals surface area contributed by atoms with E-state index >= 15 is 0 Å². The summed E-state index contributed by atoms with van der Waals surface area (Å²) in [6, 6.07) is 13.1.